The van der Waals surface area contributed by atoms with Gasteiger partial charge >= 0.3 is 0 Å². The Hall–Kier alpha value is -3.64. The van der Waals surface area contributed by atoms with Gasteiger partial charge in [0.15, 0.2) is 0 Å². The van der Waals surface area contributed by atoms with Gasteiger partial charge in [-0.25, -0.2) is 10.1 Å². The molecule has 4 aromatic rings. The summed E-state index contributed by atoms with van der Waals surface area (Å²) in [6, 6.07) is 23.6. The second kappa shape index (κ2) is 8.80. The Labute approximate surface area is 179 Å². The molecule has 0 fully saturated rings. The van der Waals surface area contributed by atoms with Crippen molar-refractivity contribution in [2.24, 2.45) is 5.10 Å². The molecule has 0 bridgehead atoms. The molecular formula is C23H20ClN5O. The molecule has 0 saturated heterocycles. The van der Waals surface area contributed by atoms with Crippen LogP contribution in [0.4, 0.5) is 5.69 Å². The molecule has 0 aliphatic carbocycles. The van der Waals surface area contributed by atoms with Gasteiger partial charge < -0.3 is 5.32 Å². The second-order valence-corrected chi connectivity index (χ2v) is 7.10. The van der Waals surface area contributed by atoms with Gasteiger partial charge in [0.2, 0.25) is 0 Å². The van der Waals surface area contributed by atoms with Crippen molar-refractivity contribution < 1.29 is 4.79 Å². The van der Waals surface area contributed by atoms with Crippen LogP contribution < -0.4 is 10.7 Å². The molecule has 0 radical (unpaired) electrons. The van der Waals surface area contributed by atoms with Crippen LogP contribution >= 0.6 is 11.6 Å². The summed E-state index contributed by atoms with van der Waals surface area (Å²) in [5.41, 5.74) is 5.62. The predicted molar refractivity (Wildman–Crippen MR) is 121 cm³/mol. The van der Waals surface area contributed by atoms with Crippen LogP contribution in [-0.2, 0) is 4.79 Å². The lowest BCUT2D eigenvalue weighted by molar-refractivity contribution is -0.119. The van der Waals surface area contributed by atoms with Gasteiger partial charge in [-0.2, -0.15) is 10.2 Å². The Bertz CT molecular complexity index is 1220. The second-order valence-electron chi connectivity index (χ2n) is 6.75. The van der Waals surface area contributed by atoms with Gasteiger partial charge in [0.05, 0.1) is 29.7 Å². The van der Waals surface area contributed by atoms with Gasteiger partial charge in [0, 0.05) is 5.69 Å². The minimum absolute atomic E-state index is 0.103. The third kappa shape index (κ3) is 4.34. The average molecular weight is 418 g/mol. The highest BCUT2D eigenvalue weighted by Crippen LogP contribution is 2.22. The van der Waals surface area contributed by atoms with Crippen molar-refractivity contribution in [2.45, 2.75) is 6.92 Å². The Morgan fingerprint density at radius 1 is 1.07 bits per heavy atom. The highest BCUT2D eigenvalue weighted by Gasteiger charge is 2.13. The number of nitrogens with zero attached hydrogens (tertiary/aromatic N) is 3. The van der Waals surface area contributed by atoms with Crippen LogP contribution in [0.1, 0.15) is 11.3 Å². The summed E-state index contributed by atoms with van der Waals surface area (Å²) in [4.78, 5) is 12.1. The Kier molecular flexibility index (Phi) is 5.77. The Morgan fingerprint density at radius 3 is 2.60 bits per heavy atom. The fourth-order valence-electron chi connectivity index (χ4n) is 3.09. The van der Waals surface area contributed by atoms with E-state index in [2.05, 4.69) is 20.9 Å². The van der Waals surface area contributed by atoms with Crippen LogP contribution in [0.3, 0.4) is 0 Å². The lowest BCUT2D eigenvalue weighted by Crippen LogP contribution is -2.25. The topological polar surface area (TPSA) is 71.3 Å². The van der Waals surface area contributed by atoms with E-state index < -0.39 is 0 Å². The summed E-state index contributed by atoms with van der Waals surface area (Å²) in [5.74, 6) is -0.261. The van der Waals surface area contributed by atoms with Gasteiger partial charge in [-0.15, -0.1) is 0 Å². The molecule has 2 N–H and O–H groups in total. The Balaban J connectivity index is 1.37. The van der Waals surface area contributed by atoms with Gasteiger partial charge in [0.1, 0.15) is 5.15 Å². The maximum Gasteiger partial charge on any atom is 0.259 e. The lowest BCUT2D eigenvalue weighted by atomic mass is 10.1. The summed E-state index contributed by atoms with van der Waals surface area (Å²) in [6.07, 6.45) is 1.51. The molecule has 1 amide bonds. The number of aromatic nitrogens is 2. The lowest BCUT2D eigenvalue weighted by Gasteiger charge is -2.06. The van der Waals surface area contributed by atoms with Crippen molar-refractivity contribution in [3.05, 3.63) is 89.2 Å². The van der Waals surface area contributed by atoms with E-state index in [1.54, 1.807) is 4.68 Å². The zero-order valence-electron chi connectivity index (χ0n) is 16.3. The van der Waals surface area contributed by atoms with Crippen LogP contribution in [0.25, 0.3) is 16.5 Å². The molecule has 0 saturated carbocycles. The average Bonchev–Trinajstić information content (AvgIpc) is 3.06. The largest absolute Gasteiger partial charge is 0.376 e. The van der Waals surface area contributed by atoms with Crippen molar-refractivity contribution in [3.8, 4) is 5.69 Å². The zero-order valence-corrected chi connectivity index (χ0v) is 17.1. The predicted octanol–water partition coefficient (Wildman–Crippen LogP) is 4.55. The van der Waals surface area contributed by atoms with E-state index in [0.29, 0.717) is 10.7 Å². The summed E-state index contributed by atoms with van der Waals surface area (Å²) in [7, 11) is 0. The zero-order chi connectivity index (χ0) is 20.9. The number of rotatable bonds is 6. The molecule has 1 heterocycles. The van der Waals surface area contributed by atoms with Crippen LogP contribution in [0.2, 0.25) is 5.15 Å². The van der Waals surface area contributed by atoms with Crippen molar-refractivity contribution in [2.75, 3.05) is 11.9 Å². The van der Waals surface area contributed by atoms with Crippen molar-refractivity contribution >= 4 is 40.2 Å². The fourth-order valence-corrected chi connectivity index (χ4v) is 3.41. The first kappa shape index (κ1) is 19.7. The third-order valence-corrected chi connectivity index (χ3v) is 5.00. The van der Waals surface area contributed by atoms with Crippen LogP contribution in [0.5, 0.6) is 0 Å². The number of benzene rings is 3. The molecule has 0 aliphatic heterocycles. The number of carbonyl (C=O) groups is 1. The normalized spacial score (nSPS) is 11.1. The first-order valence-electron chi connectivity index (χ1n) is 9.47. The maximum absolute atomic E-state index is 12.1. The number of para-hydroxylation sites is 1. The molecule has 6 nitrogen and oxygen atoms in total. The monoisotopic (exact) mass is 417 g/mol. The van der Waals surface area contributed by atoms with E-state index in [9.17, 15) is 4.79 Å². The molecular weight excluding hydrogens is 398 g/mol. The highest BCUT2D eigenvalue weighted by atomic mass is 35.5. The van der Waals surface area contributed by atoms with Gasteiger partial charge in [-0.05, 0) is 42.0 Å². The quantitative estimate of drug-likeness (QED) is 0.357. The number of halogens is 1. The maximum atomic E-state index is 12.1. The van der Waals surface area contributed by atoms with E-state index in [4.69, 9.17) is 11.6 Å². The summed E-state index contributed by atoms with van der Waals surface area (Å²) in [6.45, 7) is 1.95. The summed E-state index contributed by atoms with van der Waals surface area (Å²) in [5, 5.41) is 14.3. The number of carbonyl (C=O) groups excluding carboxylic acids is 1. The van der Waals surface area contributed by atoms with Crippen LogP contribution in [-0.4, -0.2) is 28.4 Å². The number of nitrogens with one attached hydrogen (secondary N) is 2. The van der Waals surface area contributed by atoms with Gasteiger partial charge in [-0.3, -0.25) is 4.79 Å². The molecule has 7 heteroatoms. The minimum Gasteiger partial charge on any atom is -0.376 e. The van der Waals surface area contributed by atoms with Crippen molar-refractivity contribution in [3.63, 3.8) is 0 Å². The van der Waals surface area contributed by atoms with E-state index in [1.807, 2.05) is 79.7 Å². The molecule has 3 aromatic carbocycles. The smallest absolute Gasteiger partial charge is 0.259 e. The number of hydrogen-bond donors (Lipinski definition) is 2. The Morgan fingerprint density at radius 2 is 1.80 bits per heavy atom. The van der Waals surface area contributed by atoms with E-state index >= 15 is 0 Å². The summed E-state index contributed by atoms with van der Waals surface area (Å²) >= 11 is 6.45. The van der Waals surface area contributed by atoms with Crippen molar-refractivity contribution in [1.82, 2.24) is 15.2 Å². The number of hydrogen-bond acceptors (Lipinski definition) is 4. The number of anilines is 1. The van der Waals surface area contributed by atoms with Crippen LogP contribution in [0.15, 0.2) is 77.9 Å². The van der Waals surface area contributed by atoms with E-state index in [0.717, 1.165) is 27.8 Å². The molecule has 0 atom stereocenters. The third-order valence-electron chi connectivity index (χ3n) is 4.63. The fraction of sp³-hybridized carbons (Fsp3) is 0.0870. The molecule has 0 spiro atoms. The highest BCUT2D eigenvalue weighted by molar-refractivity contribution is 6.32. The molecule has 1 aromatic heterocycles. The van der Waals surface area contributed by atoms with Gasteiger partial charge in [-0.1, -0.05) is 60.1 Å². The number of hydrazone groups is 1. The standard InChI is InChI=1S/C23H20ClN5O/c1-16-21(23(24)29(28-16)20-9-3-2-4-10-20)14-26-27-22(30)15-25-19-12-11-17-7-5-6-8-18(17)13-19/h2-14,25H,15H2,1H3,(H,27,30)/b26-14+. The molecule has 0 aliphatic rings. The number of aryl methyl sites for hydroxylation is 1. The van der Waals surface area contributed by atoms with E-state index in [1.165, 1.54) is 6.21 Å². The molecule has 150 valence electrons. The minimum atomic E-state index is -0.261. The van der Waals surface area contributed by atoms with E-state index in [-0.39, 0.29) is 12.5 Å². The van der Waals surface area contributed by atoms with Crippen LogP contribution in [0, 0.1) is 6.92 Å². The first-order chi connectivity index (χ1) is 14.6. The molecule has 4 rings (SSSR count). The number of fused-ring (bicyclic) bond motifs is 1. The number of amides is 1. The molecule has 30 heavy (non-hydrogen) atoms. The summed E-state index contributed by atoms with van der Waals surface area (Å²) < 4.78 is 1.64. The van der Waals surface area contributed by atoms with Gasteiger partial charge in [0.25, 0.3) is 5.91 Å². The van der Waals surface area contributed by atoms with Crippen molar-refractivity contribution in [1.29, 1.82) is 0 Å². The molecule has 0 unspecified atom stereocenters. The first-order valence-corrected chi connectivity index (χ1v) is 9.85. The SMILES string of the molecule is Cc1nn(-c2ccccc2)c(Cl)c1/C=N/NC(=O)CNc1ccc2ccccc2c1.